The molecule has 0 unspecified atom stereocenters. The van der Waals surface area contributed by atoms with Crippen molar-refractivity contribution in [3.05, 3.63) is 176 Å². The van der Waals surface area contributed by atoms with Crippen LogP contribution in [-0.2, 0) is 0 Å². The third-order valence-electron chi connectivity index (χ3n) is 9.05. The fourth-order valence-electron chi connectivity index (χ4n) is 6.64. The number of anilines is 3. The van der Waals surface area contributed by atoms with E-state index in [9.17, 15) is 0 Å². The van der Waals surface area contributed by atoms with Gasteiger partial charge in [-0.15, -0.1) is 11.3 Å². The number of hydrogen-bond donors (Lipinski definition) is 0. The number of hydrogen-bond acceptors (Lipinski definition) is 2. The summed E-state index contributed by atoms with van der Waals surface area (Å²) in [5, 5.41) is 10.1. The van der Waals surface area contributed by atoms with Crippen LogP contribution in [0.15, 0.2) is 176 Å². The van der Waals surface area contributed by atoms with Gasteiger partial charge in [-0.3, -0.25) is 0 Å². The van der Waals surface area contributed by atoms with Crippen molar-refractivity contribution in [1.82, 2.24) is 0 Å². The maximum absolute atomic E-state index is 2.40. The highest BCUT2D eigenvalue weighted by atomic mass is 32.1. The summed E-state index contributed by atoms with van der Waals surface area (Å²) in [5.41, 5.74) is 7.15. The zero-order valence-electron chi connectivity index (χ0n) is 25.1. The smallest absolute Gasteiger partial charge is 0.101 e. The van der Waals surface area contributed by atoms with E-state index in [0.717, 1.165) is 11.4 Å². The SMILES string of the molecule is c1ccc2cc(-c3ccc(N(c4ccc(-c5ccc6ccccc6c5)cc4)c4cc5c(ccc6ccccc65)s4)cc3)ccc2c1. The first-order valence-electron chi connectivity index (χ1n) is 15.7. The molecule has 0 aliphatic carbocycles. The first kappa shape index (κ1) is 26.7. The minimum Gasteiger partial charge on any atom is -0.302 e. The number of rotatable bonds is 5. The lowest BCUT2D eigenvalue weighted by Gasteiger charge is -2.24. The number of nitrogens with zero attached hydrogens (tertiary/aromatic N) is 1. The Bertz CT molecular complexity index is 2400. The van der Waals surface area contributed by atoms with Gasteiger partial charge in [0.05, 0.1) is 0 Å². The van der Waals surface area contributed by atoms with Gasteiger partial charge in [0.1, 0.15) is 5.00 Å². The predicted octanol–water partition coefficient (Wildman–Crippen LogP) is 13.2. The van der Waals surface area contributed by atoms with E-state index in [2.05, 4.69) is 181 Å². The topological polar surface area (TPSA) is 3.24 Å². The summed E-state index contributed by atoms with van der Waals surface area (Å²) in [6.07, 6.45) is 0. The monoisotopic (exact) mass is 603 g/mol. The average molecular weight is 604 g/mol. The summed E-state index contributed by atoms with van der Waals surface area (Å²) in [7, 11) is 0. The van der Waals surface area contributed by atoms with E-state index >= 15 is 0 Å². The number of fused-ring (bicyclic) bond motifs is 5. The fourth-order valence-corrected chi connectivity index (χ4v) is 7.76. The van der Waals surface area contributed by atoms with Crippen LogP contribution in [0.25, 0.3) is 64.7 Å². The zero-order valence-corrected chi connectivity index (χ0v) is 25.9. The summed E-state index contributed by atoms with van der Waals surface area (Å²) in [6.45, 7) is 0. The Hall–Kier alpha value is -5.70. The second-order valence-corrected chi connectivity index (χ2v) is 12.9. The Balaban J connectivity index is 1.14. The van der Waals surface area contributed by atoms with Crippen molar-refractivity contribution in [3.8, 4) is 22.3 Å². The number of benzene rings is 8. The lowest BCUT2D eigenvalue weighted by atomic mass is 10.0. The molecule has 1 aromatic heterocycles. The van der Waals surface area contributed by atoms with Crippen LogP contribution in [0.2, 0.25) is 0 Å². The van der Waals surface area contributed by atoms with Crippen molar-refractivity contribution in [1.29, 1.82) is 0 Å². The molecule has 46 heavy (non-hydrogen) atoms. The molecule has 1 nitrogen and oxygen atoms in total. The molecule has 0 N–H and O–H groups in total. The van der Waals surface area contributed by atoms with Crippen LogP contribution in [0.4, 0.5) is 16.4 Å². The molecule has 0 atom stereocenters. The Morgan fingerprint density at radius 2 is 0.783 bits per heavy atom. The van der Waals surface area contributed by atoms with Crippen molar-refractivity contribution in [3.63, 3.8) is 0 Å². The molecule has 0 bridgehead atoms. The minimum atomic E-state index is 1.14. The third-order valence-corrected chi connectivity index (χ3v) is 10.1. The highest BCUT2D eigenvalue weighted by Crippen LogP contribution is 2.44. The van der Waals surface area contributed by atoms with Crippen LogP contribution < -0.4 is 4.90 Å². The van der Waals surface area contributed by atoms with E-state index in [1.807, 2.05) is 11.3 Å². The second-order valence-electron chi connectivity index (χ2n) is 11.8. The van der Waals surface area contributed by atoms with Gasteiger partial charge in [0.2, 0.25) is 0 Å². The maximum Gasteiger partial charge on any atom is 0.101 e. The van der Waals surface area contributed by atoms with Gasteiger partial charge in [-0.1, -0.05) is 127 Å². The standard InChI is InChI=1S/C44H29NS/c1-3-10-35-27-37(15-13-30(35)7-1)32-17-22-39(23-18-32)45(44-29-42-41-12-6-5-9-34(41)21-26-43(42)46-44)40-24-19-33(20-25-40)38-16-14-31-8-2-4-11-36(31)28-38/h1-29H. The predicted molar refractivity (Wildman–Crippen MR) is 200 cm³/mol. The molecule has 9 rings (SSSR count). The van der Waals surface area contributed by atoms with E-state index in [4.69, 9.17) is 0 Å². The van der Waals surface area contributed by atoms with Crippen molar-refractivity contribution in [2.24, 2.45) is 0 Å². The molecule has 0 saturated carbocycles. The second kappa shape index (κ2) is 11.0. The van der Waals surface area contributed by atoms with E-state index in [0.29, 0.717) is 0 Å². The fraction of sp³-hybridized carbons (Fsp3) is 0. The molecule has 8 aromatic carbocycles. The molecule has 0 radical (unpaired) electrons. The molecule has 0 saturated heterocycles. The van der Waals surface area contributed by atoms with Crippen molar-refractivity contribution in [2.45, 2.75) is 0 Å². The van der Waals surface area contributed by atoms with Crippen LogP contribution in [-0.4, -0.2) is 0 Å². The van der Waals surface area contributed by atoms with E-state index in [1.54, 1.807) is 0 Å². The summed E-state index contributed by atoms with van der Waals surface area (Å²) in [5.74, 6) is 0. The largest absolute Gasteiger partial charge is 0.302 e. The Morgan fingerprint density at radius 3 is 1.35 bits per heavy atom. The van der Waals surface area contributed by atoms with E-state index in [1.165, 1.54) is 69.7 Å². The molecule has 0 aliphatic heterocycles. The Morgan fingerprint density at radius 1 is 0.326 bits per heavy atom. The van der Waals surface area contributed by atoms with Crippen LogP contribution in [0, 0.1) is 0 Å². The molecule has 0 spiro atoms. The molecule has 216 valence electrons. The summed E-state index contributed by atoms with van der Waals surface area (Å²) < 4.78 is 1.29. The first-order chi connectivity index (χ1) is 22.8. The van der Waals surface area contributed by atoms with Gasteiger partial charge in [-0.2, -0.15) is 0 Å². The Labute approximate surface area is 272 Å². The molecule has 9 aromatic rings. The van der Waals surface area contributed by atoms with Crippen LogP contribution in [0.1, 0.15) is 0 Å². The number of thiophene rings is 1. The van der Waals surface area contributed by atoms with Gasteiger partial charge in [-0.05, 0) is 103 Å². The lowest BCUT2D eigenvalue weighted by Crippen LogP contribution is -2.08. The molecule has 0 fully saturated rings. The van der Waals surface area contributed by atoms with E-state index < -0.39 is 0 Å². The highest BCUT2D eigenvalue weighted by molar-refractivity contribution is 7.23. The van der Waals surface area contributed by atoms with Crippen molar-refractivity contribution < 1.29 is 0 Å². The highest BCUT2D eigenvalue weighted by Gasteiger charge is 2.17. The summed E-state index contributed by atoms with van der Waals surface area (Å²) >= 11 is 1.84. The molecule has 1 heterocycles. The summed E-state index contributed by atoms with van der Waals surface area (Å²) in [4.78, 5) is 2.40. The average Bonchev–Trinajstić information content (AvgIpc) is 3.56. The van der Waals surface area contributed by atoms with Gasteiger partial charge in [0.15, 0.2) is 0 Å². The molecule has 0 amide bonds. The minimum absolute atomic E-state index is 1.14. The third kappa shape index (κ3) is 4.72. The van der Waals surface area contributed by atoms with Gasteiger partial charge in [0, 0.05) is 21.5 Å². The molecular formula is C44H29NS. The normalized spacial score (nSPS) is 11.5. The van der Waals surface area contributed by atoms with Crippen molar-refractivity contribution >= 4 is 70.1 Å². The molecular weight excluding hydrogens is 575 g/mol. The quantitative estimate of drug-likeness (QED) is 0.189. The first-order valence-corrected chi connectivity index (χ1v) is 16.5. The van der Waals surface area contributed by atoms with E-state index in [-0.39, 0.29) is 0 Å². The summed E-state index contributed by atoms with van der Waals surface area (Å²) in [6, 6.07) is 64.1. The molecule has 0 aliphatic rings. The zero-order chi connectivity index (χ0) is 30.5. The van der Waals surface area contributed by atoms with Gasteiger partial charge >= 0.3 is 0 Å². The van der Waals surface area contributed by atoms with Gasteiger partial charge < -0.3 is 4.90 Å². The van der Waals surface area contributed by atoms with Crippen LogP contribution >= 0.6 is 11.3 Å². The van der Waals surface area contributed by atoms with Gasteiger partial charge in [-0.25, -0.2) is 0 Å². The Kier molecular flexibility index (Phi) is 6.40. The van der Waals surface area contributed by atoms with Gasteiger partial charge in [0.25, 0.3) is 0 Å². The lowest BCUT2D eigenvalue weighted by molar-refractivity contribution is 1.32. The van der Waals surface area contributed by atoms with Crippen LogP contribution in [0.3, 0.4) is 0 Å². The van der Waals surface area contributed by atoms with Crippen molar-refractivity contribution in [2.75, 3.05) is 4.90 Å². The molecule has 2 heteroatoms. The van der Waals surface area contributed by atoms with Crippen LogP contribution in [0.5, 0.6) is 0 Å². The maximum atomic E-state index is 2.40.